The summed E-state index contributed by atoms with van der Waals surface area (Å²) in [6, 6.07) is 19.3. The van der Waals surface area contributed by atoms with Crippen molar-refractivity contribution in [1.82, 2.24) is 0 Å². The minimum absolute atomic E-state index is 0.225. The highest BCUT2D eigenvalue weighted by Crippen LogP contribution is 2.27. The quantitative estimate of drug-likeness (QED) is 0.885. The summed E-state index contributed by atoms with van der Waals surface area (Å²) in [7, 11) is 0. The van der Waals surface area contributed by atoms with E-state index in [-0.39, 0.29) is 6.04 Å². The van der Waals surface area contributed by atoms with Gasteiger partial charge in [0.2, 0.25) is 0 Å². The third-order valence-electron chi connectivity index (χ3n) is 2.46. The number of nitrogens with two attached hydrogens (primary N) is 1. The van der Waals surface area contributed by atoms with Gasteiger partial charge in [-0.1, -0.05) is 42.1 Å². The zero-order valence-electron chi connectivity index (χ0n) is 9.97. The molecular formula is C15H17NS. The molecule has 2 N–H and O–H groups in total. The van der Waals surface area contributed by atoms with E-state index in [1.54, 1.807) is 11.8 Å². The standard InChI is InChI=1S/C15H17NS/c1-12(16)11-13-7-9-15(10-8-13)17-14-5-3-2-4-6-14/h2-10,12H,11,16H2,1H3/t12-/m1/s1. The summed E-state index contributed by atoms with van der Waals surface area (Å²) in [5.74, 6) is 0. The van der Waals surface area contributed by atoms with Crippen LogP contribution in [0.4, 0.5) is 0 Å². The average molecular weight is 243 g/mol. The molecule has 0 heterocycles. The molecular weight excluding hydrogens is 226 g/mol. The van der Waals surface area contributed by atoms with E-state index in [4.69, 9.17) is 5.73 Å². The molecule has 2 aromatic carbocycles. The van der Waals surface area contributed by atoms with Crippen LogP contribution >= 0.6 is 11.8 Å². The molecule has 0 unspecified atom stereocenters. The van der Waals surface area contributed by atoms with Crippen LogP contribution in [0.5, 0.6) is 0 Å². The fourth-order valence-electron chi connectivity index (χ4n) is 1.69. The van der Waals surface area contributed by atoms with Gasteiger partial charge in [-0.25, -0.2) is 0 Å². The highest BCUT2D eigenvalue weighted by molar-refractivity contribution is 7.99. The topological polar surface area (TPSA) is 26.0 Å². The van der Waals surface area contributed by atoms with Gasteiger partial charge in [0.15, 0.2) is 0 Å². The van der Waals surface area contributed by atoms with Gasteiger partial charge in [-0.3, -0.25) is 0 Å². The molecule has 17 heavy (non-hydrogen) atoms. The molecule has 2 heteroatoms. The first-order chi connectivity index (χ1) is 8.24. The SMILES string of the molecule is C[C@@H](N)Cc1ccc(Sc2ccccc2)cc1. The second-order valence-corrected chi connectivity index (χ2v) is 5.39. The van der Waals surface area contributed by atoms with Crippen LogP contribution in [0.1, 0.15) is 12.5 Å². The second kappa shape index (κ2) is 5.89. The Morgan fingerprint density at radius 1 is 0.941 bits per heavy atom. The average Bonchev–Trinajstić information content (AvgIpc) is 2.32. The Bertz CT molecular complexity index is 448. The Kier molecular flexibility index (Phi) is 4.24. The summed E-state index contributed by atoms with van der Waals surface area (Å²) >= 11 is 1.78. The van der Waals surface area contributed by atoms with Gasteiger partial charge in [0.25, 0.3) is 0 Å². The molecule has 0 aliphatic heterocycles. The molecule has 0 spiro atoms. The molecule has 0 bridgehead atoms. The predicted octanol–water partition coefficient (Wildman–Crippen LogP) is 3.73. The van der Waals surface area contributed by atoms with Gasteiger partial charge in [-0.05, 0) is 43.2 Å². The largest absolute Gasteiger partial charge is 0.328 e. The Labute approximate surface area is 107 Å². The van der Waals surface area contributed by atoms with Crippen molar-refractivity contribution in [1.29, 1.82) is 0 Å². The maximum Gasteiger partial charge on any atom is 0.0122 e. The molecule has 0 saturated heterocycles. The van der Waals surface area contributed by atoms with Crippen LogP contribution in [0.15, 0.2) is 64.4 Å². The van der Waals surface area contributed by atoms with Crippen LogP contribution in [0, 0.1) is 0 Å². The summed E-state index contributed by atoms with van der Waals surface area (Å²) in [5.41, 5.74) is 7.08. The smallest absolute Gasteiger partial charge is 0.0122 e. The van der Waals surface area contributed by atoms with Crippen molar-refractivity contribution in [3.8, 4) is 0 Å². The summed E-state index contributed by atoms with van der Waals surface area (Å²) < 4.78 is 0. The summed E-state index contributed by atoms with van der Waals surface area (Å²) in [6.45, 7) is 2.03. The molecule has 2 rings (SSSR count). The molecule has 1 nitrogen and oxygen atoms in total. The molecule has 2 aromatic rings. The zero-order chi connectivity index (χ0) is 12.1. The van der Waals surface area contributed by atoms with Crippen LogP contribution < -0.4 is 5.73 Å². The fraction of sp³-hybridized carbons (Fsp3) is 0.200. The second-order valence-electron chi connectivity index (χ2n) is 4.24. The predicted molar refractivity (Wildman–Crippen MR) is 74.4 cm³/mol. The molecule has 1 atom stereocenters. The maximum atomic E-state index is 5.78. The van der Waals surface area contributed by atoms with Gasteiger partial charge in [0.1, 0.15) is 0 Å². The highest BCUT2D eigenvalue weighted by Gasteiger charge is 1.99. The normalized spacial score (nSPS) is 12.4. The number of rotatable bonds is 4. The van der Waals surface area contributed by atoms with Gasteiger partial charge in [0.05, 0.1) is 0 Å². The first-order valence-corrected chi connectivity index (χ1v) is 6.63. The van der Waals surface area contributed by atoms with Crippen LogP contribution in [-0.2, 0) is 6.42 Å². The van der Waals surface area contributed by atoms with E-state index >= 15 is 0 Å². The van der Waals surface area contributed by atoms with Gasteiger partial charge >= 0.3 is 0 Å². The summed E-state index contributed by atoms with van der Waals surface area (Å²) in [6.07, 6.45) is 0.941. The summed E-state index contributed by atoms with van der Waals surface area (Å²) in [5, 5.41) is 0. The Balaban J connectivity index is 2.03. The van der Waals surface area contributed by atoms with Crippen molar-refractivity contribution < 1.29 is 0 Å². The zero-order valence-corrected chi connectivity index (χ0v) is 10.8. The minimum Gasteiger partial charge on any atom is -0.328 e. The molecule has 0 saturated carbocycles. The van der Waals surface area contributed by atoms with Gasteiger partial charge < -0.3 is 5.73 Å². The van der Waals surface area contributed by atoms with Crippen LogP contribution in [0.25, 0.3) is 0 Å². The van der Waals surface area contributed by atoms with Crippen LogP contribution in [0.2, 0.25) is 0 Å². The monoisotopic (exact) mass is 243 g/mol. The Morgan fingerprint density at radius 2 is 1.53 bits per heavy atom. The third kappa shape index (κ3) is 3.91. The number of hydrogen-bond donors (Lipinski definition) is 1. The molecule has 88 valence electrons. The van der Waals surface area contributed by atoms with E-state index in [0.717, 1.165) is 6.42 Å². The molecule has 0 amide bonds. The van der Waals surface area contributed by atoms with Crippen LogP contribution in [-0.4, -0.2) is 6.04 Å². The van der Waals surface area contributed by atoms with E-state index in [0.29, 0.717) is 0 Å². The van der Waals surface area contributed by atoms with Crippen molar-refractivity contribution in [3.63, 3.8) is 0 Å². The fourth-order valence-corrected chi connectivity index (χ4v) is 2.53. The lowest BCUT2D eigenvalue weighted by atomic mass is 10.1. The van der Waals surface area contributed by atoms with E-state index in [2.05, 4.69) is 48.5 Å². The Morgan fingerprint density at radius 3 is 2.12 bits per heavy atom. The molecule has 0 radical (unpaired) electrons. The first kappa shape index (κ1) is 12.2. The van der Waals surface area contributed by atoms with Crippen molar-refractivity contribution >= 4 is 11.8 Å². The Hall–Kier alpha value is -1.25. The van der Waals surface area contributed by atoms with Gasteiger partial charge in [0, 0.05) is 15.8 Å². The van der Waals surface area contributed by atoms with Crippen molar-refractivity contribution in [3.05, 3.63) is 60.2 Å². The van der Waals surface area contributed by atoms with Crippen LogP contribution in [0.3, 0.4) is 0 Å². The first-order valence-electron chi connectivity index (χ1n) is 5.81. The van der Waals surface area contributed by atoms with Crippen molar-refractivity contribution in [2.75, 3.05) is 0 Å². The van der Waals surface area contributed by atoms with Gasteiger partial charge in [-0.15, -0.1) is 0 Å². The van der Waals surface area contributed by atoms with Crippen molar-refractivity contribution in [2.24, 2.45) is 5.73 Å². The molecule has 0 fully saturated rings. The third-order valence-corrected chi connectivity index (χ3v) is 3.48. The van der Waals surface area contributed by atoms with E-state index < -0.39 is 0 Å². The minimum atomic E-state index is 0.225. The van der Waals surface area contributed by atoms with E-state index in [1.165, 1.54) is 15.4 Å². The lowest BCUT2D eigenvalue weighted by Gasteiger charge is -2.06. The number of hydrogen-bond acceptors (Lipinski definition) is 2. The molecule has 0 aliphatic carbocycles. The van der Waals surface area contributed by atoms with Gasteiger partial charge in [-0.2, -0.15) is 0 Å². The van der Waals surface area contributed by atoms with E-state index in [9.17, 15) is 0 Å². The lowest BCUT2D eigenvalue weighted by Crippen LogP contribution is -2.17. The van der Waals surface area contributed by atoms with E-state index in [1.807, 2.05) is 13.0 Å². The molecule has 0 aliphatic rings. The maximum absolute atomic E-state index is 5.78. The molecule has 0 aromatic heterocycles. The highest BCUT2D eigenvalue weighted by atomic mass is 32.2. The van der Waals surface area contributed by atoms with Crippen molar-refractivity contribution in [2.45, 2.75) is 29.2 Å². The number of benzene rings is 2. The lowest BCUT2D eigenvalue weighted by molar-refractivity contribution is 0.737. The summed E-state index contributed by atoms with van der Waals surface area (Å²) in [4.78, 5) is 2.54.